The second kappa shape index (κ2) is 6.20. The lowest BCUT2D eigenvalue weighted by atomic mass is 10.1. The molecule has 5 heteroatoms. The second-order valence-corrected chi connectivity index (χ2v) is 4.59. The van der Waals surface area contributed by atoms with Gasteiger partial charge in [0, 0.05) is 0 Å². The Balaban J connectivity index is 2.14. The standard InChI is InChI=1S/C15H12ClN3O/c16-12-8-10(9-17)6-7-13(12)19-15(20)14(18)11-4-2-1-3-5-11/h1-8,14H,18H2,(H,19,20). The molecule has 0 heterocycles. The third kappa shape index (κ3) is 3.15. The average Bonchev–Trinajstić information content (AvgIpc) is 2.49. The molecule has 0 saturated heterocycles. The predicted octanol–water partition coefficient (Wildman–Crippen LogP) is 2.85. The van der Waals surface area contributed by atoms with E-state index in [1.54, 1.807) is 24.3 Å². The Morgan fingerprint density at radius 1 is 1.25 bits per heavy atom. The highest BCUT2D eigenvalue weighted by Crippen LogP contribution is 2.24. The largest absolute Gasteiger partial charge is 0.323 e. The minimum atomic E-state index is -0.775. The lowest BCUT2D eigenvalue weighted by Gasteiger charge is -2.13. The molecule has 2 rings (SSSR count). The van der Waals surface area contributed by atoms with Crippen molar-refractivity contribution in [2.45, 2.75) is 6.04 Å². The van der Waals surface area contributed by atoms with E-state index in [9.17, 15) is 4.79 Å². The molecular formula is C15H12ClN3O. The molecule has 2 aromatic carbocycles. The maximum Gasteiger partial charge on any atom is 0.245 e. The van der Waals surface area contributed by atoms with Crippen LogP contribution in [0.4, 0.5) is 5.69 Å². The van der Waals surface area contributed by atoms with Gasteiger partial charge in [0.1, 0.15) is 6.04 Å². The maximum atomic E-state index is 12.1. The number of hydrogen-bond acceptors (Lipinski definition) is 3. The summed E-state index contributed by atoms with van der Waals surface area (Å²) in [5.74, 6) is -0.359. The Morgan fingerprint density at radius 2 is 1.95 bits per heavy atom. The fourth-order valence-corrected chi connectivity index (χ4v) is 1.94. The van der Waals surface area contributed by atoms with Gasteiger partial charge in [0.25, 0.3) is 0 Å². The summed E-state index contributed by atoms with van der Waals surface area (Å²) in [7, 11) is 0. The first-order valence-electron chi connectivity index (χ1n) is 5.93. The maximum absolute atomic E-state index is 12.1. The van der Waals surface area contributed by atoms with Gasteiger partial charge < -0.3 is 11.1 Å². The zero-order valence-corrected chi connectivity index (χ0v) is 11.3. The number of carbonyl (C=O) groups excluding carboxylic acids is 1. The number of benzene rings is 2. The van der Waals surface area contributed by atoms with Gasteiger partial charge in [-0.3, -0.25) is 4.79 Å². The van der Waals surface area contributed by atoms with Crippen molar-refractivity contribution < 1.29 is 4.79 Å². The normalized spacial score (nSPS) is 11.4. The third-order valence-electron chi connectivity index (χ3n) is 2.80. The van der Waals surface area contributed by atoms with Gasteiger partial charge in [-0.1, -0.05) is 41.9 Å². The van der Waals surface area contributed by atoms with Crippen LogP contribution >= 0.6 is 11.6 Å². The van der Waals surface area contributed by atoms with Crippen LogP contribution < -0.4 is 11.1 Å². The molecule has 0 radical (unpaired) electrons. The molecule has 0 fully saturated rings. The van der Waals surface area contributed by atoms with Crippen molar-refractivity contribution in [1.82, 2.24) is 0 Å². The van der Waals surface area contributed by atoms with E-state index in [1.807, 2.05) is 24.3 Å². The van der Waals surface area contributed by atoms with E-state index < -0.39 is 6.04 Å². The summed E-state index contributed by atoms with van der Waals surface area (Å²) in [5, 5.41) is 11.7. The minimum Gasteiger partial charge on any atom is -0.323 e. The predicted molar refractivity (Wildman–Crippen MR) is 78.2 cm³/mol. The Bertz CT molecular complexity index is 665. The second-order valence-electron chi connectivity index (χ2n) is 4.18. The highest BCUT2D eigenvalue weighted by molar-refractivity contribution is 6.33. The number of hydrogen-bond donors (Lipinski definition) is 2. The minimum absolute atomic E-state index is 0.303. The highest BCUT2D eigenvalue weighted by Gasteiger charge is 2.16. The van der Waals surface area contributed by atoms with Crippen LogP contribution in [-0.4, -0.2) is 5.91 Å². The van der Waals surface area contributed by atoms with Crippen molar-refractivity contribution in [2.75, 3.05) is 5.32 Å². The fraction of sp³-hybridized carbons (Fsp3) is 0.0667. The van der Waals surface area contributed by atoms with Gasteiger partial charge in [-0.15, -0.1) is 0 Å². The Hall–Kier alpha value is -2.35. The van der Waals surface area contributed by atoms with E-state index in [-0.39, 0.29) is 5.91 Å². The molecule has 3 N–H and O–H groups in total. The van der Waals surface area contributed by atoms with Gasteiger partial charge in [0.05, 0.1) is 22.3 Å². The topological polar surface area (TPSA) is 78.9 Å². The molecule has 0 aliphatic carbocycles. The van der Waals surface area contributed by atoms with Gasteiger partial charge in [-0.2, -0.15) is 5.26 Å². The van der Waals surface area contributed by atoms with Crippen molar-refractivity contribution in [3.05, 3.63) is 64.7 Å². The number of nitrogens with one attached hydrogen (secondary N) is 1. The van der Waals surface area contributed by atoms with E-state index in [0.29, 0.717) is 16.3 Å². The molecule has 0 bridgehead atoms. The average molecular weight is 286 g/mol. The summed E-state index contributed by atoms with van der Waals surface area (Å²) in [5.41, 5.74) is 7.47. The molecule has 100 valence electrons. The number of nitrogens with zero attached hydrogens (tertiary/aromatic N) is 1. The van der Waals surface area contributed by atoms with Crippen LogP contribution in [0.5, 0.6) is 0 Å². The van der Waals surface area contributed by atoms with Gasteiger partial charge in [-0.05, 0) is 23.8 Å². The van der Waals surface area contributed by atoms with Crippen molar-refractivity contribution >= 4 is 23.2 Å². The first-order valence-corrected chi connectivity index (χ1v) is 6.30. The molecule has 0 aromatic heterocycles. The van der Waals surface area contributed by atoms with E-state index >= 15 is 0 Å². The lowest BCUT2D eigenvalue weighted by Crippen LogP contribution is -2.27. The molecule has 1 unspecified atom stereocenters. The number of carbonyl (C=O) groups is 1. The van der Waals surface area contributed by atoms with Gasteiger partial charge in [0.15, 0.2) is 0 Å². The quantitative estimate of drug-likeness (QED) is 0.910. The molecule has 2 aromatic rings. The third-order valence-corrected chi connectivity index (χ3v) is 3.11. The molecule has 4 nitrogen and oxygen atoms in total. The number of halogens is 1. The van der Waals surface area contributed by atoms with Gasteiger partial charge in [-0.25, -0.2) is 0 Å². The van der Waals surface area contributed by atoms with Crippen molar-refractivity contribution in [2.24, 2.45) is 5.73 Å². The molecule has 0 saturated carbocycles. The number of rotatable bonds is 3. The summed E-state index contributed by atoms with van der Waals surface area (Å²) in [6, 6.07) is 14.9. The lowest BCUT2D eigenvalue weighted by molar-refractivity contribution is -0.117. The Morgan fingerprint density at radius 3 is 2.55 bits per heavy atom. The van der Waals surface area contributed by atoms with E-state index in [0.717, 1.165) is 5.56 Å². The summed E-state index contributed by atoms with van der Waals surface area (Å²) < 4.78 is 0. The molecular weight excluding hydrogens is 274 g/mol. The van der Waals surface area contributed by atoms with Gasteiger partial charge >= 0.3 is 0 Å². The molecule has 20 heavy (non-hydrogen) atoms. The molecule has 0 aliphatic heterocycles. The van der Waals surface area contributed by atoms with Crippen LogP contribution in [-0.2, 0) is 4.79 Å². The van der Waals surface area contributed by atoms with Gasteiger partial charge in [0.2, 0.25) is 5.91 Å². The smallest absolute Gasteiger partial charge is 0.245 e. The van der Waals surface area contributed by atoms with E-state index in [1.165, 1.54) is 6.07 Å². The van der Waals surface area contributed by atoms with Crippen LogP contribution in [0.25, 0.3) is 0 Å². The van der Waals surface area contributed by atoms with Crippen LogP contribution in [0.2, 0.25) is 5.02 Å². The first-order chi connectivity index (χ1) is 9.61. The fourth-order valence-electron chi connectivity index (χ4n) is 1.71. The van der Waals surface area contributed by atoms with E-state index in [2.05, 4.69) is 5.32 Å². The molecule has 1 atom stereocenters. The summed E-state index contributed by atoms with van der Waals surface area (Å²) in [6.07, 6.45) is 0. The Labute approximate surface area is 121 Å². The molecule has 1 amide bonds. The van der Waals surface area contributed by atoms with Crippen molar-refractivity contribution in [1.29, 1.82) is 5.26 Å². The monoisotopic (exact) mass is 285 g/mol. The highest BCUT2D eigenvalue weighted by atomic mass is 35.5. The van der Waals surface area contributed by atoms with Crippen LogP contribution in [0.1, 0.15) is 17.2 Å². The van der Waals surface area contributed by atoms with E-state index in [4.69, 9.17) is 22.6 Å². The number of amides is 1. The summed E-state index contributed by atoms with van der Waals surface area (Å²) in [6.45, 7) is 0. The number of nitriles is 1. The molecule has 0 spiro atoms. The van der Waals surface area contributed by atoms with Crippen LogP contribution in [0.15, 0.2) is 48.5 Å². The molecule has 0 aliphatic rings. The van der Waals surface area contributed by atoms with Crippen LogP contribution in [0.3, 0.4) is 0 Å². The first kappa shape index (κ1) is 14.1. The number of nitrogens with two attached hydrogens (primary N) is 1. The summed E-state index contributed by atoms with van der Waals surface area (Å²) >= 11 is 6.00. The van der Waals surface area contributed by atoms with Crippen molar-refractivity contribution in [3.8, 4) is 6.07 Å². The zero-order valence-electron chi connectivity index (χ0n) is 10.5. The van der Waals surface area contributed by atoms with Crippen LogP contribution in [0, 0.1) is 11.3 Å². The Kier molecular flexibility index (Phi) is 4.36. The SMILES string of the molecule is N#Cc1ccc(NC(=O)C(N)c2ccccc2)c(Cl)c1. The zero-order chi connectivity index (χ0) is 14.5. The van der Waals surface area contributed by atoms with Crippen molar-refractivity contribution in [3.63, 3.8) is 0 Å². The summed E-state index contributed by atoms with van der Waals surface area (Å²) in [4.78, 5) is 12.1. The number of anilines is 1.